The minimum Gasteiger partial charge on any atom is -0.478 e. The number of carbonyl (C=O) groups excluding carboxylic acids is 1. The fraction of sp³-hybridized carbons (Fsp3) is 0.579. The molecule has 0 fully saturated rings. The molecule has 5 nitrogen and oxygen atoms in total. The first kappa shape index (κ1) is 20.2. The molecule has 3 atom stereocenters. The second kappa shape index (κ2) is 10.1. The van der Waals surface area contributed by atoms with Gasteiger partial charge in [0.25, 0.3) is 0 Å². The van der Waals surface area contributed by atoms with E-state index in [1.54, 1.807) is 0 Å². The summed E-state index contributed by atoms with van der Waals surface area (Å²) in [4.78, 5) is 22.2. The van der Waals surface area contributed by atoms with E-state index in [2.05, 4.69) is 13.8 Å². The summed E-state index contributed by atoms with van der Waals surface area (Å²) in [6.07, 6.45) is 9.77. The first-order valence-electron chi connectivity index (χ1n) is 8.55. The summed E-state index contributed by atoms with van der Waals surface area (Å²) < 4.78 is 5.12. The molecule has 0 spiro atoms. The van der Waals surface area contributed by atoms with Crippen molar-refractivity contribution in [2.45, 2.75) is 65.1 Å². The number of rotatable bonds is 10. The van der Waals surface area contributed by atoms with Crippen molar-refractivity contribution in [3.63, 3.8) is 0 Å². The second-order valence-electron chi connectivity index (χ2n) is 6.35. The zero-order chi connectivity index (χ0) is 18.1. The maximum Gasteiger partial charge on any atom is 0.338 e. The van der Waals surface area contributed by atoms with Crippen molar-refractivity contribution < 1.29 is 24.5 Å². The summed E-state index contributed by atoms with van der Waals surface area (Å²) in [6.45, 7) is 6.11. The highest BCUT2D eigenvalue weighted by molar-refractivity contribution is 5.95. The Hall–Kier alpha value is -1.88. The number of unbranched alkanes of at least 4 members (excludes halogenated alkanes) is 3. The van der Waals surface area contributed by atoms with Crippen LogP contribution in [0.1, 0.15) is 52.9 Å². The maximum atomic E-state index is 11.7. The van der Waals surface area contributed by atoms with Gasteiger partial charge in [-0.2, -0.15) is 0 Å². The minimum absolute atomic E-state index is 0.155. The van der Waals surface area contributed by atoms with Crippen molar-refractivity contribution in [2.75, 3.05) is 0 Å². The molecule has 1 rings (SSSR count). The average Bonchev–Trinajstić information content (AvgIpc) is 2.89. The van der Waals surface area contributed by atoms with Crippen LogP contribution in [0.2, 0.25) is 0 Å². The van der Waals surface area contributed by atoms with E-state index < -0.39 is 24.1 Å². The predicted molar refractivity (Wildman–Crippen MR) is 92.4 cm³/mol. The third-order valence-corrected chi connectivity index (χ3v) is 4.07. The number of ether oxygens (including phenoxy) is 1. The van der Waals surface area contributed by atoms with E-state index in [-0.39, 0.29) is 5.57 Å². The van der Waals surface area contributed by atoms with Crippen LogP contribution in [0.3, 0.4) is 0 Å². The molecular weight excluding hydrogens is 308 g/mol. The predicted octanol–water partition coefficient (Wildman–Crippen LogP) is 3.39. The number of cyclic esters (lactones) is 1. The van der Waals surface area contributed by atoms with Gasteiger partial charge in [0.15, 0.2) is 6.10 Å². The smallest absolute Gasteiger partial charge is 0.338 e. The first-order valence-corrected chi connectivity index (χ1v) is 8.55. The Morgan fingerprint density at radius 1 is 1.38 bits per heavy atom. The van der Waals surface area contributed by atoms with Crippen molar-refractivity contribution in [3.8, 4) is 0 Å². The van der Waals surface area contributed by atoms with Gasteiger partial charge in [-0.3, -0.25) is 0 Å². The summed E-state index contributed by atoms with van der Waals surface area (Å²) in [5, 5.41) is 19.0. The van der Waals surface area contributed by atoms with Crippen LogP contribution in [-0.4, -0.2) is 34.4 Å². The van der Waals surface area contributed by atoms with Crippen LogP contribution in [0.4, 0.5) is 0 Å². The molecule has 0 amide bonds. The number of aliphatic hydroxyl groups excluding tert-OH is 1. The van der Waals surface area contributed by atoms with Crippen LogP contribution in [-0.2, 0) is 14.3 Å². The molecule has 3 unspecified atom stereocenters. The molecule has 0 aromatic carbocycles. The van der Waals surface area contributed by atoms with E-state index in [0.717, 1.165) is 24.5 Å². The Morgan fingerprint density at radius 3 is 2.71 bits per heavy atom. The summed E-state index contributed by atoms with van der Waals surface area (Å²) >= 11 is 0. The Bertz CT molecular complexity index is 530. The lowest BCUT2D eigenvalue weighted by molar-refractivity contribution is -0.142. The van der Waals surface area contributed by atoms with Gasteiger partial charge in [0.05, 0.1) is 5.57 Å². The molecule has 24 heavy (non-hydrogen) atoms. The fourth-order valence-corrected chi connectivity index (χ4v) is 2.69. The summed E-state index contributed by atoms with van der Waals surface area (Å²) in [6, 6.07) is 0. The fourth-order valence-electron chi connectivity index (χ4n) is 2.69. The number of hydrogen-bond donors (Lipinski definition) is 2. The van der Waals surface area contributed by atoms with Gasteiger partial charge in [-0.05, 0) is 37.0 Å². The van der Waals surface area contributed by atoms with Gasteiger partial charge >= 0.3 is 11.9 Å². The highest BCUT2D eigenvalue weighted by Crippen LogP contribution is 2.23. The lowest BCUT2D eigenvalue weighted by Crippen LogP contribution is -2.27. The Balaban J connectivity index is 2.61. The Labute approximate surface area is 143 Å². The molecule has 0 aliphatic carbocycles. The molecule has 0 bridgehead atoms. The van der Waals surface area contributed by atoms with Crippen LogP contribution in [0.25, 0.3) is 0 Å². The van der Waals surface area contributed by atoms with Gasteiger partial charge < -0.3 is 14.9 Å². The van der Waals surface area contributed by atoms with Crippen molar-refractivity contribution in [3.05, 3.63) is 35.5 Å². The van der Waals surface area contributed by atoms with Gasteiger partial charge in [-0.1, -0.05) is 45.6 Å². The molecule has 0 aromatic rings. The summed E-state index contributed by atoms with van der Waals surface area (Å²) in [5.41, 5.74) is 0.914. The molecule has 0 radical (unpaired) electrons. The van der Waals surface area contributed by atoms with Crippen LogP contribution in [0, 0.1) is 5.92 Å². The number of carbonyl (C=O) groups is 2. The Kier molecular flexibility index (Phi) is 8.47. The molecule has 5 heteroatoms. The van der Waals surface area contributed by atoms with E-state index in [1.165, 1.54) is 31.4 Å². The lowest BCUT2D eigenvalue weighted by Gasteiger charge is -2.18. The number of carboxylic acids is 1. The number of carboxylic acid groups (broad SMARTS) is 1. The van der Waals surface area contributed by atoms with Crippen LogP contribution in [0.5, 0.6) is 0 Å². The molecule has 1 aliphatic rings. The molecule has 0 saturated heterocycles. The standard InChI is InChI=1S/C19H28O5/c1-4-5-6-7-8-13(2)11-14(3)18(22)16-12-15(19(23)24-16)9-10-17(20)21/h9-13,16,18,22H,4-8H2,1-3H3,(H,20,21). The number of aliphatic hydroxyl groups is 1. The number of allylic oxidation sites excluding steroid dienone is 1. The van der Waals surface area contributed by atoms with Gasteiger partial charge in [0.2, 0.25) is 0 Å². The van der Waals surface area contributed by atoms with Gasteiger partial charge in [0.1, 0.15) is 6.10 Å². The number of aliphatic carboxylic acids is 1. The topological polar surface area (TPSA) is 83.8 Å². The van der Waals surface area contributed by atoms with Crippen LogP contribution in [0.15, 0.2) is 35.5 Å². The van der Waals surface area contributed by atoms with Gasteiger partial charge in [0, 0.05) is 6.08 Å². The van der Waals surface area contributed by atoms with E-state index in [4.69, 9.17) is 9.84 Å². The minimum atomic E-state index is -1.14. The van der Waals surface area contributed by atoms with E-state index >= 15 is 0 Å². The van der Waals surface area contributed by atoms with Crippen molar-refractivity contribution in [1.29, 1.82) is 0 Å². The number of hydrogen-bond acceptors (Lipinski definition) is 4. The highest BCUT2D eigenvalue weighted by Gasteiger charge is 2.30. The molecule has 1 heterocycles. The summed E-state index contributed by atoms with van der Waals surface area (Å²) in [7, 11) is 0. The van der Waals surface area contributed by atoms with E-state index in [0.29, 0.717) is 5.92 Å². The SMILES string of the molecule is CCCCCCC(C)C=C(C)C(O)C1C=C(C=CC(=O)O)C(=O)O1. The molecular formula is C19H28O5. The molecule has 1 aliphatic heterocycles. The average molecular weight is 336 g/mol. The zero-order valence-electron chi connectivity index (χ0n) is 14.7. The van der Waals surface area contributed by atoms with Gasteiger partial charge in [-0.25, -0.2) is 9.59 Å². The van der Waals surface area contributed by atoms with Gasteiger partial charge in [-0.15, -0.1) is 0 Å². The van der Waals surface area contributed by atoms with Crippen molar-refractivity contribution in [1.82, 2.24) is 0 Å². The quantitative estimate of drug-likeness (QED) is 0.276. The largest absolute Gasteiger partial charge is 0.478 e. The maximum absolute atomic E-state index is 11.7. The molecule has 0 aromatic heterocycles. The van der Waals surface area contributed by atoms with Crippen molar-refractivity contribution in [2.24, 2.45) is 5.92 Å². The highest BCUT2D eigenvalue weighted by atomic mass is 16.6. The Morgan fingerprint density at radius 2 is 2.08 bits per heavy atom. The molecule has 134 valence electrons. The number of esters is 1. The molecule has 2 N–H and O–H groups in total. The monoisotopic (exact) mass is 336 g/mol. The third-order valence-electron chi connectivity index (χ3n) is 4.07. The van der Waals surface area contributed by atoms with Crippen LogP contribution >= 0.6 is 0 Å². The third kappa shape index (κ3) is 6.71. The lowest BCUT2D eigenvalue weighted by atomic mass is 9.96. The van der Waals surface area contributed by atoms with Crippen LogP contribution < -0.4 is 0 Å². The first-order chi connectivity index (χ1) is 11.3. The normalized spacial score (nSPS) is 20.8. The second-order valence-corrected chi connectivity index (χ2v) is 6.35. The molecule has 0 saturated carbocycles. The summed E-state index contributed by atoms with van der Waals surface area (Å²) in [5.74, 6) is -1.40. The van der Waals surface area contributed by atoms with E-state index in [1.807, 2.05) is 13.0 Å². The zero-order valence-corrected chi connectivity index (χ0v) is 14.7. The van der Waals surface area contributed by atoms with E-state index in [9.17, 15) is 14.7 Å². The van der Waals surface area contributed by atoms with Crippen molar-refractivity contribution >= 4 is 11.9 Å².